The van der Waals surface area contributed by atoms with Crippen LogP contribution in [0.25, 0.3) is 33.8 Å². The third-order valence-electron chi connectivity index (χ3n) is 6.93. The van der Waals surface area contributed by atoms with Crippen LogP contribution in [0.1, 0.15) is 37.2 Å². The van der Waals surface area contributed by atoms with Crippen LogP contribution in [0.4, 0.5) is 0 Å². The van der Waals surface area contributed by atoms with Gasteiger partial charge in [0.2, 0.25) is 0 Å². The van der Waals surface area contributed by atoms with E-state index in [0.717, 1.165) is 39.6 Å². The molecule has 1 aliphatic rings. The van der Waals surface area contributed by atoms with E-state index in [9.17, 15) is 14.7 Å². The number of hydrogen-bond donors (Lipinski definition) is 1. The third kappa shape index (κ3) is 4.18. The first-order valence-electron chi connectivity index (χ1n) is 12.0. The van der Waals surface area contributed by atoms with Gasteiger partial charge in [0.15, 0.2) is 5.43 Å². The lowest BCUT2D eigenvalue weighted by Crippen LogP contribution is -2.35. The van der Waals surface area contributed by atoms with E-state index < -0.39 is 11.4 Å². The average Bonchev–Trinajstić information content (AvgIpc) is 3.27. The molecule has 4 aromatic rings. The molecule has 0 amide bonds. The molecule has 0 radical (unpaired) electrons. The first-order chi connectivity index (χ1) is 17.6. The summed E-state index contributed by atoms with van der Waals surface area (Å²) in [5.74, 6) is 0.234. The zero-order chi connectivity index (χ0) is 26.5. The first kappa shape index (κ1) is 24.4. The van der Waals surface area contributed by atoms with Crippen molar-refractivity contribution in [3.63, 3.8) is 0 Å². The van der Waals surface area contributed by atoms with Crippen molar-refractivity contribution in [3.05, 3.63) is 76.6 Å². The van der Waals surface area contributed by atoms with Gasteiger partial charge in [-0.2, -0.15) is 5.10 Å². The summed E-state index contributed by atoms with van der Waals surface area (Å²) in [5, 5.41) is 14.7. The van der Waals surface area contributed by atoms with Crippen LogP contribution in [0.2, 0.25) is 0 Å². The summed E-state index contributed by atoms with van der Waals surface area (Å²) in [7, 11) is 3.24. The maximum atomic E-state index is 12.9. The van der Waals surface area contributed by atoms with Gasteiger partial charge in [-0.15, -0.1) is 0 Å². The Morgan fingerprint density at radius 3 is 2.05 bits per heavy atom. The molecule has 0 fully saturated rings. The Morgan fingerprint density at radius 2 is 1.54 bits per heavy atom. The van der Waals surface area contributed by atoms with Crippen molar-refractivity contribution in [3.8, 4) is 45.3 Å². The van der Waals surface area contributed by atoms with Gasteiger partial charge in [0, 0.05) is 23.4 Å². The van der Waals surface area contributed by atoms with Gasteiger partial charge < -0.3 is 19.1 Å². The second kappa shape index (κ2) is 8.96. The van der Waals surface area contributed by atoms with Crippen LogP contribution in [-0.4, -0.2) is 39.6 Å². The Kier molecular flexibility index (Phi) is 5.90. The third-order valence-corrected chi connectivity index (χ3v) is 6.93. The van der Waals surface area contributed by atoms with E-state index in [4.69, 9.17) is 14.6 Å². The SMILES string of the molecule is COc1ccc(-c2nn3c(c2-c2ccc(OC)cc2)-c2cc(=O)c(C(=O)O)cn2[C@H](C(C)(C)C)C3)cc1. The van der Waals surface area contributed by atoms with Crippen molar-refractivity contribution in [2.45, 2.75) is 33.4 Å². The zero-order valence-electron chi connectivity index (χ0n) is 21.5. The lowest BCUT2D eigenvalue weighted by atomic mass is 9.84. The highest BCUT2D eigenvalue weighted by Gasteiger charge is 2.36. The number of rotatable bonds is 5. The topological polar surface area (TPSA) is 95.6 Å². The van der Waals surface area contributed by atoms with Crippen molar-refractivity contribution in [2.24, 2.45) is 5.41 Å². The molecule has 0 spiro atoms. The molecule has 0 unspecified atom stereocenters. The molecule has 1 aliphatic heterocycles. The van der Waals surface area contributed by atoms with Gasteiger partial charge in [0.1, 0.15) is 22.8 Å². The summed E-state index contributed by atoms with van der Waals surface area (Å²) in [6, 6.07) is 16.7. The molecular formula is C29H29N3O5. The monoisotopic (exact) mass is 499 g/mol. The van der Waals surface area contributed by atoms with E-state index in [1.54, 1.807) is 14.2 Å². The van der Waals surface area contributed by atoms with Crippen LogP contribution >= 0.6 is 0 Å². The molecule has 8 heteroatoms. The molecule has 2 aromatic carbocycles. The summed E-state index contributed by atoms with van der Waals surface area (Å²) < 4.78 is 14.6. The molecule has 0 bridgehead atoms. The van der Waals surface area contributed by atoms with E-state index in [2.05, 4.69) is 20.8 Å². The molecule has 1 atom stereocenters. The number of ether oxygens (including phenoxy) is 2. The van der Waals surface area contributed by atoms with Crippen LogP contribution in [0.5, 0.6) is 11.5 Å². The molecule has 2 aromatic heterocycles. The molecule has 3 heterocycles. The minimum atomic E-state index is -1.23. The molecule has 5 rings (SSSR count). The molecule has 1 N–H and O–H groups in total. The van der Waals surface area contributed by atoms with Gasteiger partial charge >= 0.3 is 5.97 Å². The lowest BCUT2D eigenvalue weighted by molar-refractivity contribution is 0.0693. The number of fused-ring (bicyclic) bond motifs is 3. The molecule has 0 aliphatic carbocycles. The van der Waals surface area contributed by atoms with Gasteiger partial charge in [-0.1, -0.05) is 32.9 Å². The van der Waals surface area contributed by atoms with Crippen molar-refractivity contribution in [2.75, 3.05) is 14.2 Å². The maximum Gasteiger partial charge on any atom is 0.341 e. The Hall–Kier alpha value is -4.33. The highest BCUT2D eigenvalue weighted by atomic mass is 16.5. The van der Waals surface area contributed by atoms with Crippen LogP contribution in [0.3, 0.4) is 0 Å². The van der Waals surface area contributed by atoms with Crippen LogP contribution in [0.15, 0.2) is 65.6 Å². The first-order valence-corrected chi connectivity index (χ1v) is 12.0. The van der Waals surface area contributed by atoms with Crippen molar-refractivity contribution in [1.29, 1.82) is 0 Å². The highest BCUT2D eigenvalue weighted by molar-refractivity contribution is 5.92. The summed E-state index contributed by atoms with van der Waals surface area (Å²) in [4.78, 5) is 24.8. The van der Waals surface area contributed by atoms with Crippen molar-refractivity contribution < 1.29 is 19.4 Å². The zero-order valence-corrected chi connectivity index (χ0v) is 21.5. The number of carbonyl (C=O) groups is 1. The summed E-state index contributed by atoms with van der Waals surface area (Å²) in [6.07, 6.45) is 1.48. The highest BCUT2D eigenvalue weighted by Crippen LogP contribution is 2.46. The molecule has 0 saturated heterocycles. The van der Waals surface area contributed by atoms with Crippen molar-refractivity contribution >= 4 is 5.97 Å². The Morgan fingerprint density at radius 1 is 0.973 bits per heavy atom. The fraction of sp³-hybridized carbons (Fsp3) is 0.276. The lowest BCUT2D eigenvalue weighted by Gasteiger charge is -2.38. The number of pyridine rings is 1. The minimum absolute atomic E-state index is 0.124. The predicted octanol–water partition coefficient (Wildman–Crippen LogP) is 5.36. The Labute approximate surface area is 214 Å². The van der Waals surface area contributed by atoms with E-state index in [1.807, 2.05) is 57.8 Å². The molecule has 37 heavy (non-hydrogen) atoms. The second-order valence-electron chi connectivity index (χ2n) is 10.2. The van der Waals surface area contributed by atoms with E-state index in [-0.39, 0.29) is 17.0 Å². The standard InChI is InChI=1S/C29H29N3O5/c1-29(2,3)24-16-32-27(22-14-23(33)21(28(34)35)15-31(22)24)25(17-6-10-19(36-4)11-7-17)26(30-32)18-8-12-20(37-5)13-9-18/h6-15,24H,16H2,1-5H3,(H,34,35)/t24-/m0/s1. The number of hydrogen-bond acceptors (Lipinski definition) is 5. The number of carboxylic acid groups (broad SMARTS) is 1. The quantitative estimate of drug-likeness (QED) is 0.397. The summed E-state index contributed by atoms with van der Waals surface area (Å²) >= 11 is 0. The van der Waals surface area contributed by atoms with Crippen LogP contribution < -0.4 is 14.9 Å². The number of aromatic carboxylic acids is 1. The van der Waals surface area contributed by atoms with Crippen LogP contribution in [0, 0.1) is 5.41 Å². The molecule has 0 saturated carbocycles. The van der Waals surface area contributed by atoms with Gasteiger partial charge in [0.05, 0.1) is 38.2 Å². The van der Waals surface area contributed by atoms with E-state index in [0.29, 0.717) is 12.2 Å². The molecular weight excluding hydrogens is 470 g/mol. The van der Waals surface area contributed by atoms with E-state index >= 15 is 0 Å². The minimum Gasteiger partial charge on any atom is -0.497 e. The fourth-order valence-electron chi connectivity index (χ4n) is 4.94. The van der Waals surface area contributed by atoms with Gasteiger partial charge in [-0.05, 0) is 47.4 Å². The van der Waals surface area contributed by atoms with Crippen molar-refractivity contribution in [1.82, 2.24) is 14.3 Å². The number of benzene rings is 2. The van der Waals surface area contributed by atoms with Gasteiger partial charge in [-0.3, -0.25) is 9.48 Å². The number of carboxylic acids is 1. The number of aromatic nitrogens is 3. The number of methoxy groups -OCH3 is 2. The fourth-order valence-corrected chi connectivity index (χ4v) is 4.94. The second-order valence-corrected chi connectivity index (χ2v) is 10.2. The Balaban J connectivity index is 1.84. The average molecular weight is 500 g/mol. The smallest absolute Gasteiger partial charge is 0.341 e. The maximum absolute atomic E-state index is 12.9. The summed E-state index contributed by atoms with van der Waals surface area (Å²) in [6.45, 7) is 6.82. The largest absolute Gasteiger partial charge is 0.497 e. The van der Waals surface area contributed by atoms with E-state index in [1.165, 1.54) is 12.3 Å². The molecule has 190 valence electrons. The Bertz CT molecular complexity index is 1540. The molecule has 8 nitrogen and oxygen atoms in total. The van der Waals surface area contributed by atoms with Gasteiger partial charge in [-0.25, -0.2) is 4.79 Å². The van der Waals surface area contributed by atoms with Gasteiger partial charge in [0.25, 0.3) is 0 Å². The van der Waals surface area contributed by atoms with Crippen LogP contribution in [-0.2, 0) is 6.54 Å². The number of nitrogens with zero attached hydrogens (tertiary/aromatic N) is 3. The normalized spacial score (nSPS) is 14.6. The predicted molar refractivity (Wildman–Crippen MR) is 141 cm³/mol. The summed E-state index contributed by atoms with van der Waals surface area (Å²) in [5.41, 5.74) is 3.82.